The fourth-order valence-electron chi connectivity index (χ4n) is 3.07. The standard InChI is InChI=1S/C19H16N2O2/c1-13(22)19(10-11-19)17-8-6-15(7-9-17)14-2-4-16(5-3-14)18-12-20-21-23-18/h2-9,12H,10-11H2,1H3. The van der Waals surface area contributed by atoms with Gasteiger partial charge in [0.1, 0.15) is 5.78 Å². The number of aromatic nitrogens is 2. The number of hydrogen-bond donors (Lipinski definition) is 0. The summed E-state index contributed by atoms with van der Waals surface area (Å²) in [6.07, 6.45) is 3.55. The van der Waals surface area contributed by atoms with Crippen LogP contribution < -0.4 is 0 Å². The molecule has 4 rings (SSSR count). The van der Waals surface area contributed by atoms with Crippen LogP contribution in [0.1, 0.15) is 25.3 Å². The Morgan fingerprint density at radius 3 is 2.00 bits per heavy atom. The van der Waals surface area contributed by atoms with Crippen LogP contribution in [0.25, 0.3) is 22.5 Å². The van der Waals surface area contributed by atoms with Crippen LogP contribution in [-0.4, -0.2) is 16.2 Å². The largest absolute Gasteiger partial charge is 0.337 e. The van der Waals surface area contributed by atoms with Gasteiger partial charge in [-0.2, -0.15) is 0 Å². The third-order valence-corrected chi connectivity index (χ3v) is 4.73. The normalized spacial score (nSPS) is 15.3. The molecule has 0 atom stereocenters. The molecule has 4 heteroatoms. The second-order valence-electron chi connectivity index (χ2n) is 6.07. The van der Waals surface area contributed by atoms with E-state index in [1.54, 1.807) is 13.1 Å². The van der Waals surface area contributed by atoms with Gasteiger partial charge in [-0.25, -0.2) is 0 Å². The van der Waals surface area contributed by atoms with Gasteiger partial charge in [0.2, 0.25) is 0 Å². The van der Waals surface area contributed by atoms with Gasteiger partial charge in [0.05, 0.1) is 11.6 Å². The van der Waals surface area contributed by atoms with Gasteiger partial charge < -0.3 is 4.52 Å². The van der Waals surface area contributed by atoms with E-state index >= 15 is 0 Å². The molecule has 0 saturated heterocycles. The monoisotopic (exact) mass is 304 g/mol. The van der Waals surface area contributed by atoms with Gasteiger partial charge in [-0.05, 0) is 36.5 Å². The van der Waals surface area contributed by atoms with E-state index in [2.05, 4.69) is 34.6 Å². The average molecular weight is 304 g/mol. The first kappa shape index (κ1) is 13.9. The van der Waals surface area contributed by atoms with Crippen LogP contribution in [0.2, 0.25) is 0 Å². The van der Waals surface area contributed by atoms with E-state index in [9.17, 15) is 4.79 Å². The van der Waals surface area contributed by atoms with E-state index in [1.165, 1.54) is 0 Å². The summed E-state index contributed by atoms with van der Waals surface area (Å²) in [4.78, 5) is 11.8. The third-order valence-electron chi connectivity index (χ3n) is 4.73. The Hall–Kier alpha value is -2.75. The summed E-state index contributed by atoms with van der Waals surface area (Å²) in [6.45, 7) is 1.69. The Kier molecular flexibility index (Phi) is 3.11. The Labute approximate surface area is 134 Å². The second kappa shape index (κ2) is 5.16. The smallest absolute Gasteiger partial charge is 0.187 e. The van der Waals surface area contributed by atoms with Crippen molar-refractivity contribution in [2.75, 3.05) is 0 Å². The Morgan fingerprint density at radius 1 is 0.957 bits per heavy atom. The topological polar surface area (TPSA) is 56.0 Å². The number of Topliss-reactive ketones (excluding diaryl/α,β-unsaturated/α-hetero) is 1. The molecule has 23 heavy (non-hydrogen) atoms. The van der Waals surface area contributed by atoms with Crippen LogP contribution in [0.4, 0.5) is 0 Å². The Bertz CT molecular complexity index is 830. The summed E-state index contributed by atoms with van der Waals surface area (Å²) in [5.41, 5.74) is 4.14. The van der Waals surface area contributed by atoms with Crippen LogP contribution in [0, 0.1) is 0 Å². The van der Waals surface area contributed by atoms with Gasteiger partial charge in [-0.3, -0.25) is 4.79 Å². The van der Waals surface area contributed by atoms with Crippen molar-refractivity contribution in [3.63, 3.8) is 0 Å². The number of ketones is 1. The number of carbonyl (C=O) groups is 1. The van der Waals surface area contributed by atoms with Crippen molar-refractivity contribution in [2.24, 2.45) is 0 Å². The number of benzene rings is 2. The minimum Gasteiger partial charge on any atom is -0.337 e. The van der Waals surface area contributed by atoms with E-state index in [-0.39, 0.29) is 11.2 Å². The summed E-state index contributed by atoms with van der Waals surface area (Å²) >= 11 is 0. The van der Waals surface area contributed by atoms with Crippen LogP contribution >= 0.6 is 0 Å². The highest BCUT2D eigenvalue weighted by atomic mass is 16.5. The maximum absolute atomic E-state index is 11.8. The molecule has 114 valence electrons. The summed E-state index contributed by atoms with van der Waals surface area (Å²) in [7, 11) is 0. The number of rotatable bonds is 4. The molecular weight excluding hydrogens is 288 g/mol. The molecule has 1 aromatic heterocycles. The van der Waals surface area contributed by atoms with Gasteiger partial charge in [-0.15, -0.1) is 5.10 Å². The van der Waals surface area contributed by atoms with Gasteiger partial charge in [0.15, 0.2) is 5.76 Å². The van der Waals surface area contributed by atoms with Crippen molar-refractivity contribution in [3.05, 3.63) is 60.3 Å². The minimum absolute atomic E-state index is 0.207. The highest BCUT2D eigenvalue weighted by molar-refractivity contribution is 5.91. The molecule has 1 saturated carbocycles. The van der Waals surface area contributed by atoms with E-state index in [4.69, 9.17) is 4.52 Å². The van der Waals surface area contributed by atoms with Crippen LogP contribution in [0.3, 0.4) is 0 Å². The number of nitrogens with zero attached hydrogens (tertiary/aromatic N) is 2. The lowest BCUT2D eigenvalue weighted by Crippen LogP contribution is -2.16. The number of hydrogen-bond acceptors (Lipinski definition) is 4. The van der Waals surface area contributed by atoms with E-state index in [0.29, 0.717) is 5.76 Å². The Balaban J connectivity index is 1.60. The fraction of sp³-hybridized carbons (Fsp3) is 0.211. The first-order valence-corrected chi connectivity index (χ1v) is 7.69. The van der Waals surface area contributed by atoms with Gasteiger partial charge >= 0.3 is 0 Å². The summed E-state index contributed by atoms with van der Waals surface area (Å²) < 4.78 is 5.05. The van der Waals surface area contributed by atoms with Gasteiger partial charge in [0, 0.05) is 10.8 Å². The minimum atomic E-state index is -0.207. The lowest BCUT2D eigenvalue weighted by Gasteiger charge is -2.12. The SMILES string of the molecule is CC(=O)C1(c2ccc(-c3ccc(-c4cnno4)cc3)cc2)CC1. The van der Waals surface area contributed by atoms with Crippen molar-refractivity contribution in [2.45, 2.75) is 25.2 Å². The van der Waals surface area contributed by atoms with Crippen LogP contribution in [0.5, 0.6) is 0 Å². The molecule has 4 nitrogen and oxygen atoms in total. The molecule has 1 aliphatic carbocycles. The first-order chi connectivity index (χ1) is 11.2. The molecule has 0 unspecified atom stereocenters. The molecule has 3 aromatic rings. The maximum atomic E-state index is 11.8. The predicted molar refractivity (Wildman–Crippen MR) is 86.8 cm³/mol. The zero-order valence-electron chi connectivity index (χ0n) is 12.8. The van der Waals surface area contributed by atoms with E-state index in [0.717, 1.165) is 35.1 Å². The van der Waals surface area contributed by atoms with E-state index < -0.39 is 0 Å². The quantitative estimate of drug-likeness (QED) is 0.730. The Morgan fingerprint density at radius 2 is 1.52 bits per heavy atom. The molecule has 0 N–H and O–H groups in total. The molecule has 1 heterocycles. The van der Waals surface area contributed by atoms with Crippen molar-refractivity contribution in [3.8, 4) is 22.5 Å². The molecule has 1 aliphatic rings. The van der Waals surface area contributed by atoms with Crippen LogP contribution in [0.15, 0.2) is 59.3 Å². The van der Waals surface area contributed by atoms with Crippen molar-refractivity contribution < 1.29 is 9.32 Å². The van der Waals surface area contributed by atoms with Gasteiger partial charge in [-0.1, -0.05) is 48.5 Å². The molecule has 0 spiro atoms. The molecule has 0 radical (unpaired) electrons. The highest BCUT2D eigenvalue weighted by Gasteiger charge is 2.48. The zero-order chi connectivity index (χ0) is 15.9. The molecule has 0 amide bonds. The predicted octanol–water partition coefficient (Wildman–Crippen LogP) is 4.02. The molecular formula is C19H16N2O2. The molecule has 2 aromatic carbocycles. The van der Waals surface area contributed by atoms with Crippen molar-refractivity contribution in [1.82, 2.24) is 10.4 Å². The first-order valence-electron chi connectivity index (χ1n) is 7.69. The van der Waals surface area contributed by atoms with Gasteiger partial charge in [0.25, 0.3) is 0 Å². The summed E-state index contributed by atoms with van der Waals surface area (Å²) in [5.74, 6) is 0.930. The van der Waals surface area contributed by atoms with Crippen LogP contribution in [-0.2, 0) is 10.2 Å². The average Bonchev–Trinajstić information content (AvgIpc) is 3.23. The lowest BCUT2D eigenvalue weighted by molar-refractivity contribution is -0.119. The summed E-state index contributed by atoms with van der Waals surface area (Å²) in [5, 5.41) is 7.17. The third kappa shape index (κ3) is 2.36. The molecule has 1 fully saturated rings. The summed E-state index contributed by atoms with van der Waals surface area (Å²) in [6, 6.07) is 16.4. The lowest BCUT2D eigenvalue weighted by atomic mass is 9.90. The maximum Gasteiger partial charge on any atom is 0.187 e. The zero-order valence-corrected chi connectivity index (χ0v) is 12.8. The molecule has 0 aliphatic heterocycles. The highest BCUT2D eigenvalue weighted by Crippen LogP contribution is 2.49. The number of carbonyl (C=O) groups excluding carboxylic acids is 1. The van der Waals surface area contributed by atoms with E-state index in [1.807, 2.05) is 24.3 Å². The van der Waals surface area contributed by atoms with Crippen molar-refractivity contribution >= 4 is 5.78 Å². The fourth-order valence-corrected chi connectivity index (χ4v) is 3.07. The van der Waals surface area contributed by atoms with Crippen molar-refractivity contribution in [1.29, 1.82) is 0 Å². The molecule has 0 bridgehead atoms. The second-order valence-corrected chi connectivity index (χ2v) is 6.07.